The maximum absolute atomic E-state index is 5.97. The Hall–Kier alpha value is -2.04. The van der Waals surface area contributed by atoms with Crippen molar-refractivity contribution in [2.24, 2.45) is 7.05 Å². The molecular formula is C13H16N4O. The molecule has 0 saturated carbocycles. The number of anilines is 1. The number of hydrogen-bond acceptors (Lipinski definition) is 4. The molecule has 1 aliphatic heterocycles. The van der Waals surface area contributed by atoms with Gasteiger partial charge in [0, 0.05) is 13.5 Å². The van der Waals surface area contributed by atoms with Crippen LogP contribution in [0.5, 0.6) is 5.75 Å². The summed E-state index contributed by atoms with van der Waals surface area (Å²) in [6.07, 6.45) is 0.752. The van der Waals surface area contributed by atoms with Gasteiger partial charge in [0.2, 0.25) is 0 Å². The summed E-state index contributed by atoms with van der Waals surface area (Å²) in [6.45, 7) is 2.76. The maximum Gasteiger partial charge on any atom is 0.175 e. The quantitative estimate of drug-likeness (QED) is 0.877. The van der Waals surface area contributed by atoms with Crippen molar-refractivity contribution in [3.05, 3.63) is 35.9 Å². The normalized spacial score (nSPS) is 17.8. The zero-order valence-electron chi connectivity index (χ0n) is 10.6. The highest BCUT2D eigenvalue weighted by atomic mass is 16.5. The molecule has 1 aromatic heterocycles. The molecule has 0 spiro atoms. The van der Waals surface area contributed by atoms with Crippen LogP contribution in [0.25, 0.3) is 0 Å². The van der Waals surface area contributed by atoms with E-state index in [9.17, 15) is 0 Å². The Labute approximate surface area is 106 Å². The Bertz CT molecular complexity index is 564. The van der Waals surface area contributed by atoms with Gasteiger partial charge < -0.3 is 10.1 Å². The summed E-state index contributed by atoms with van der Waals surface area (Å²) in [4.78, 5) is 4.51. The van der Waals surface area contributed by atoms with Gasteiger partial charge in [-0.05, 0) is 12.1 Å². The summed E-state index contributed by atoms with van der Waals surface area (Å²) < 4.78 is 7.78. The van der Waals surface area contributed by atoms with E-state index in [2.05, 4.69) is 15.4 Å². The summed E-state index contributed by atoms with van der Waals surface area (Å²) in [5.74, 6) is 2.60. The number of aryl methyl sites for hydroxylation is 2. The number of para-hydroxylation sites is 2. The van der Waals surface area contributed by atoms with Crippen molar-refractivity contribution in [2.75, 3.05) is 11.9 Å². The topological polar surface area (TPSA) is 52.0 Å². The van der Waals surface area contributed by atoms with E-state index in [1.165, 1.54) is 0 Å². The third-order valence-electron chi connectivity index (χ3n) is 3.08. The molecule has 94 valence electrons. The van der Waals surface area contributed by atoms with Gasteiger partial charge in [0.15, 0.2) is 17.8 Å². The highest BCUT2D eigenvalue weighted by molar-refractivity contribution is 5.57. The van der Waals surface area contributed by atoms with Crippen LogP contribution in [0.3, 0.4) is 0 Å². The van der Waals surface area contributed by atoms with Gasteiger partial charge in [0.1, 0.15) is 5.75 Å². The molecule has 1 unspecified atom stereocenters. The van der Waals surface area contributed by atoms with Crippen LogP contribution in [0.15, 0.2) is 24.3 Å². The smallest absolute Gasteiger partial charge is 0.175 e. The maximum atomic E-state index is 5.97. The van der Waals surface area contributed by atoms with Crippen LogP contribution in [-0.4, -0.2) is 21.3 Å². The minimum Gasteiger partial charge on any atom is -0.478 e. The number of benzene rings is 1. The summed E-state index contributed by atoms with van der Waals surface area (Å²) >= 11 is 0. The fourth-order valence-electron chi connectivity index (χ4n) is 2.14. The second-order valence-corrected chi connectivity index (χ2v) is 4.35. The van der Waals surface area contributed by atoms with E-state index in [-0.39, 0.29) is 6.10 Å². The molecule has 1 aromatic carbocycles. The molecule has 0 saturated heterocycles. The summed E-state index contributed by atoms with van der Waals surface area (Å²) in [6, 6.07) is 7.94. The van der Waals surface area contributed by atoms with Crippen LogP contribution in [0.2, 0.25) is 0 Å². The van der Waals surface area contributed by atoms with Crippen LogP contribution in [-0.2, 0) is 13.5 Å². The molecule has 1 atom stereocenters. The van der Waals surface area contributed by atoms with Crippen molar-refractivity contribution in [1.29, 1.82) is 0 Å². The van der Waals surface area contributed by atoms with Crippen molar-refractivity contribution in [3.8, 4) is 5.75 Å². The lowest BCUT2D eigenvalue weighted by atomic mass is 10.2. The highest BCUT2D eigenvalue weighted by Gasteiger charge is 2.25. The predicted molar refractivity (Wildman–Crippen MR) is 68.7 cm³/mol. The monoisotopic (exact) mass is 244 g/mol. The largest absolute Gasteiger partial charge is 0.478 e. The van der Waals surface area contributed by atoms with Crippen LogP contribution in [0.4, 0.5) is 5.69 Å². The summed E-state index contributed by atoms with van der Waals surface area (Å²) in [7, 11) is 1.91. The van der Waals surface area contributed by atoms with E-state index in [1.807, 2.05) is 38.2 Å². The molecular weight excluding hydrogens is 228 g/mol. The Kier molecular flexibility index (Phi) is 2.66. The lowest BCUT2D eigenvalue weighted by molar-refractivity contribution is 0.195. The van der Waals surface area contributed by atoms with Gasteiger partial charge in [-0.25, -0.2) is 9.67 Å². The van der Waals surface area contributed by atoms with E-state index < -0.39 is 0 Å². The van der Waals surface area contributed by atoms with Crippen molar-refractivity contribution in [1.82, 2.24) is 14.8 Å². The Morgan fingerprint density at radius 2 is 2.28 bits per heavy atom. The van der Waals surface area contributed by atoms with E-state index in [0.29, 0.717) is 6.54 Å². The number of aromatic nitrogens is 3. The molecule has 0 aliphatic carbocycles. The number of nitrogens with zero attached hydrogens (tertiary/aromatic N) is 3. The molecule has 1 N–H and O–H groups in total. The number of nitrogens with one attached hydrogen (secondary N) is 1. The van der Waals surface area contributed by atoms with E-state index >= 15 is 0 Å². The fraction of sp³-hybridized carbons (Fsp3) is 0.385. The standard InChI is InChI=1S/C13H16N4O/c1-3-12-15-13(17(2)16-12)11-8-14-9-6-4-5-7-10(9)18-11/h4-7,11,14H,3,8H2,1-2H3. The molecule has 3 rings (SSSR count). The first-order valence-corrected chi connectivity index (χ1v) is 6.17. The van der Waals surface area contributed by atoms with Crippen LogP contribution >= 0.6 is 0 Å². The zero-order valence-corrected chi connectivity index (χ0v) is 10.6. The SMILES string of the molecule is CCc1nc(C2CNc3ccccc3O2)n(C)n1. The zero-order chi connectivity index (χ0) is 12.5. The lowest BCUT2D eigenvalue weighted by Crippen LogP contribution is -2.26. The first-order chi connectivity index (χ1) is 8.78. The molecule has 5 nitrogen and oxygen atoms in total. The van der Waals surface area contributed by atoms with Crippen LogP contribution in [0, 0.1) is 0 Å². The number of fused-ring (bicyclic) bond motifs is 1. The lowest BCUT2D eigenvalue weighted by Gasteiger charge is -2.26. The molecule has 0 bridgehead atoms. The van der Waals surface area contributed by atoms with Crippen LogP contribution < -0.4 is 10.1 Å². The highest BCUT2D eigenvalue weighted by Crippen LogP contribution is 2.32. The van der Waals surface area contributed by atoms with Crippen molar-refractivity contribution >= 4 is 5.69 Å². The predicted octanol–water partition coefficient (Wildman–Crippen LogP) is 1.92. The summed E-state index contributed by atoms with van der Waals surface area (Å²) in [5.41, 5.74) is 1.03. The Balaban J connectivity index is 1.89. The third kappa shape index (κ3) is 1.81. The van der Waals surface area contributed by atoms with Gasteiger partial charge in [-0.15, -0.1) is 0 Å². The van der Waals surface area contributed by atoms with E-state index in [0.717, 1.165) is 29.5 Å². The number of rotatable bonds is 2. The molecule has 2 aromatic rings. The molecule has 0 amide bonds. The summed E-state index contributed by atoms with van der Waals surface area (Å²) in [5, 5.41) is 7.72. The van der Waals surface area contributed by atoms with Gasteiger partial charge in [-0.1, -0.05) is 19.1 Å². The van der Waals surface area contributed by atoms with Gasteiger partial charge in [0.25, 0.3) is 0 Å². The fourth-order valence-corrected chi connectivity index (χ4v) is 2.14. The second-order valence-electron chi connectivity index (χ2n) is 4.35. The van der Waals surface area contributed by atoms with E-state index in [1.54, 1.807) is 4.68 Å². The Morgan fingerprint density at radius 1 is 1.44 bits per heavy atom. The molecule has 0 radical (unpaired) electrons. The second kappa shape index (κ2) is 4.33. The van der Waals surface area contributed by atoms with Gasteiger partial charge in [-0.3, -0.25) is 0 Å². The van der Waals surface area contributed by atoms with Gasteiger partial charge >= 0.3 is 0 Å². The minimum absolute atomic E-state index is 0.0855. The first kappa shape index (κ1) is 11.1. The molecule has 1 aliphatic rings. The molecule has 5 heteroatoms. The van der Waals surface area contributed by atoms with Gasteiger partial charge in [0.05, 0.1) is 12.2 Å². The average Bonchev–Trinajstić information content (AvgIpc) is 2.79. The average molecular weight is 244 g/mol. The van der Waals surface area contributed by atoms with Gasteiger partial charge in [-0.2, -0.15) is 5.10 Å². The molecule has 0 fully saturated rings. The molecule has 18 heavy (non-hydrogen) atoms. The Morgan fingerprint density at radius 3 is 3.06 bits per heavy atom. The van der Waals surface area contributed by atoms with Crippen LogP contribution in [0.1, 0.15) is 24.7 Å². The van der Waals surface area contributed by atoms with Crippen molar-refractivity contribution in [2.45, 2.75) is 19.4 Å². The van der Waals surface area contributed by atoms with E-state index in [4.69, 9.17) is 4.74 Å². The van der Waals surface area contributed by atoms with Crippen molar-refractivity contribution in [3.63, 3.8) is 0 Å². The molecule has 2 heterocycles. The van der Waals surface area contributed by atoms with Crippen molar-refractivity contribution < 1.29 is 4.74 Å². The number of ether oxygens (including phenoxy) is 1. The third-order valence-corrected chi connectivity index (χ3v) is 3.08. The number of hydrogen-bond donors (Lipinski definition) is 1. The minimum atomic E-state index is -0.0855. The first-order valence-electron chi connectivity index (χ1n) is 6.17.